The van der Waals surface area contributed by atoms with Gasteiger partial charge in [0.05, 0.1) is 6.04 Å². The maximum absolute atomic E-state index is 11.8. The molecular weight excluding hydrogens is 254 g/mol. The van der Waals surface area contributed by atoms with Crippen molar-refractivity contribution >= 4 is 11.9 Å². The first-order chi connectivity index (χ1) is 9.63. The summed E-state index contributed by atoms with van der Waals surface area (Å²) in [5, 5.41) is 11.6. The van der Waals surface area contributed by atoms with E-state index in [0.717, 1.165) is 5.56 Å². The van der Waals surface area contributed by atoms with Crippen molar-refractivity contribution in [1.29, 1.82) is 0 Å². The number of carbonyl (C=O) groups is 2. The topological polar surface area (TPSA) is 66.4 Å². The van der Waals surface area contributed by atoms with Crippen molar-refractivity contribution in [2.24, 2.45) is 0 Å². The maximum Gasteiger partial charge on any atom is 0.303 e. The molecule has 0 aromatic heterocycles. The van der Waals surface area contributed by atoms with Crippen molar-refractivity contribution in [1.82, 2.24) is 5.32 Å². The zero-order valence-corrected chi connectivity index (χ0v) is 11.5. The summed E-state index contributed by atoms with van der Waals surface area (Å²) in [7, 11) is 0. The molecule has 0 spiro atoms. The van der Waals surface area contributed by atoms with Crippen LogP contribution in [0.15, 0.2) is 54.6 Å². The summed E-state index contributed by atoms with van der Waals surface area (Å²) in [4.78, 5) is 22.5. The van der Waals surface area contributed by atoms with Crippen LogP contribution in [0.5, 0.6) is 0 Å². The normalized spacial score (nSPS) is 12.7. The van der Waals surface area contributed by atoms with E-state index >= 15 is 0 Å². The molecule has 4 heteroatoms. The van der Waals surface area contributed by atoms with Crippen molar-refractivity contribution in [3.8, 4) is 0 Å². The summed E-state index contributed by atoms with van der Waals surface area (Å²) in [5.74, 6) is -1.10. The molecule has 106 valence electrons. The molecule has 1 aromatic carbocycles. The molecule has 0 bridgehead atoms. The summed E-state index contributed by atoms with van der Waals surface area (Å²) >= 11 is 0. The van der Waals surface area contributed by atoms with Gasteiger partial charge in [0.1, 0.15) is 0 Å². The molecule has 0 radical (unpaired) electrons. The highest BCUT2D eigenvalue weighted by molar-refractivity contribution is 5.88. The highest BCUT2D eigenvalue weighted by Crippen LogP contribution is 2.18. The van der Waals surface area contributed by atoms with Crippen LogP contribution in [0, 0.1) is 0 Å². The van der Waals surface area contributed by atoms with E-state index in [9.17, 15) is 9.59 Å². The average molecular weight is 273 g/mol. The second-order valence-corrected chi connectivity index (χ2v) is 4.29. The highest BCUT2D eigenvalue weighted by Gasteiger charge is 2.14. The van der Waals surface area contributed by atoms with E-state index in [0.29, 0.717) is 6.42 Å². The van der Waals surface area contributed by atoms with Crippen LogP contribution >= 0.6 is 0 Å². The number of carboxylic acids is 1. The second kappa shape index (κ2) is 8.69. The van der Waals surface area contributed by atoms with Gasteiger partial charge in [-0.05, 0) is 18.9 Å². The zero-order valence-electron chi connectivity index (χ0n) is 11.5. The van der Waals surface area contributed by atoms with Crippen LogP contribution in [0.25, 0.3) is 0 Å². The molecule has 1 unspecified atom stereocenters. The summed E-state index contributed by atoms with van der Waals surface area (Å²) < 4.78 is 0. The van der Waals surface area contributed by atoms with E-state index in [1.54, 1.807) is 12.2 Å². The fourth-order valence-corrected chi connectivity index (χ4v) is 1.75. The summed E-state index contributed by atoms with van der Waals surface area (Å²) in [6, 6.07) is 9.07. The van der Waals surface area contributed by atoms with Crippen LogP contribution in [0.1, 0.15) is 31.4 Å². The average Bonchev–Trinajstić information content (AvgIpc) is 2.44. The number of amides is 1. The molecular formula is C16H19NO3. The van der Waals surface area contributed by atoms with Gasteiger partial charge in [-0.2, -0.15) is 0 Å². The molecule has 0 saturated carbocycles. The molecule has 1 rings (SSSR count). The number of benzene rings is 1. The van der Waals surface area contributed by atoms with Gasteiger partial charge in [-0.1, -0.05) is 48.6 Å². The predicted molar refractivity (Wildman–Crippen MR) is 78.1 cm³/mol. The lowest BCUT2D eigenvalue weighted by molar-refractivity contribution is -0.137. The molecule has 1 amide bonds. The van der Waals surface area contributed by atoms with E-state index in [1.165, 1.54) is 6.08 Å². The van der Waals surface area contributed by atoms with Gasteiger partial charge < -0.3 is 10.4 Å². The molecule has 0 aliphatic rings. The van der Waals surface area contributed by atoms with Crippen LogP contribution in [0.4, 0.5) is 0 Å². The van der Waals surface area contributed by atoms with E-state index in [-0.39, 0.29) is 18.4 Å². The number of carbonyl (C=O) groups excluding carboxylic acids is 1. The highest BCUT2D eigenvalue weighted by atomic mass is 16.4. The van der Waals surface area contributed by atoms with Crippen LogP contribution < -0.4 is 5.32 Å². The summed E-state index contributed by atoms with van der Waals surface area (Å²) in [6.07, 6.45) is 7.03. The van der Waals surface area contributed by atoms with Gasteiger partial charge in [0.25, 0.3) is 0 Å². The minimum Gasteiger partial charge on any atom is -0.481 e. The Morgan fingerprint density at radius 1 is 1.25 bits per heavy atom. The van der Waals surface area contributed by atoms with Crippen molar-refractivity contribution < 1.29 is 14.7 Å². The molecule has 0 heterocycles. The minimum atomic E-state index is -0.871. The Hall–Kier alpha value is -2.36. The Balaban J connectivity index is 2.72. The lowest BCUT2D eigenvalue weighted by Gasteiger charge is -2.17. The quantitative estimate of drug-likeness (QED) is 0.593. The van der Waals surface area contributed by atoms with Gasteiger partial charge in [0.2, 0.25) is 5.91 Å². The number of hydrogen-bond acceptors (Lipinski definition) is 2. The van der Waals surface area contributed by atoms with Crippen LogP contribution in [-0.2, 0) is 9.59 Å². The monoisotopic (exact) mass is 273 g/mol. The fourth-order valence-electron chi connectivity index (χ4n) is 1.75. The molecule has 0 saturated heterocycles. The third kappa shape index (κ3) is 6.00. The number of nitrogens with one attached hydrogen (secondary N) is 1. The second-order valence-electron chi connectivity index (χ2n) is 4.29. The third-order valence-corrected chi connectivity index (χ3v) is 2.72. The maximum atomic E-state index is 11.8. The molecule has 0 fully saturated rings. The van der Waals surface area contributed by atoms with Crippen LogP contribution in [-0.4, -0.2) is 17.0 Å². The molecule has 1 aromatic rings. The third-order valence-electron chi connectivity index (χ3n) is 2.72. The first-order valence-corrected chi connectivity index (χ1v) is 6.50. The van der Waals surface area contributed by atoms with Crippen molar-refractivity contribution in [3.05, 3.63) is 60.2 Å². The van der Waals surface area contributed by atoms with Crippen LogP contribution in [0.3, 0.4) is 0 Å². The standard InChI is InChI=1S/C16H19NO3/c1-2-3-5-10-15(18)17-14(11-12-16(19)20)13-8-6-4-7-9-13/h2-10,14H,11-12H2,1H3,(H,17,18)(H,19,20)/b3-2+,10-5+. The van der Waals surface area contributed by atoms with Gasteiger partial charge in [-0.3, -0.25) is 9.59 Å². The molecule has 20 heavy (non-hydrogen) atoms. The first kappa shape index (κ1) is 15.7. The first-order valence-electron chi connectivity index (χ1n) is 6.50. The molecule has 0 aliphatic heterocycles. The van der Waals surface area contributed by atoms with E-state index in [2.05, 4.69) is 5.32 Å². The van der Waals surface area contributed by atoms with E-state index < -0.39 is 5.97 Å². The van der Waals surface area contributed by atoms with Crippen LogP contribution in [0.2, 0.25) is 0 Å². The summed E-state index contributed by atoms with van der Waals surface area (Å²) in [6.45, 7) is 1.86. The van der Waals surface area contributed by atoms with Gasteiger partial charge in [0, 0.05) is 12.5 Å². The number of aliphatic carboxylic acids is 1. The Kier molecular flexibility index (Phi) is 6.82. The number of hydrogen-bond donors (Lipinski definition) is 2. The Bertz CT molecular complexity index is 492. The van der Waals surface area contributed by atoms with Gasteiger partial charge in [-0.15, -0.1) is 0 Å². The fraction of sp³-hybridized carbons (Fsp3) is 0.250. The molecule has 2 N–H and O–H groups in total. The Morgan fingerprint density at radius 3 is 2.55 bits per heavy atom. The molecule has 0 aliphatic carbocycles. The van der Waals surface area contributed by atoms with Gasteiger partial charge in [0.15, 0.2) is 0 Å². The molecule has 1 atom stereocenters. The van der Waals surface area contributed by atoms with E-state index in [4.69, 9.17) is 5.11 Å². The zero-order chi connectivity index (χ0) is 14.8. The lowest BCUT2D eigenvalue weighted by atomic mass is 10.0. The van der Waals surface area contributed by atoms with Crippen molar-refractivity contribution in [3.63, 3.8) is 0 Å². The lowest BCUT2D eigenvalue weighted by Crippen LogP contribution is -2.27. The summed E-state index contributed by atoms with van der Waals surface area (Å²) in [5.41, 5.74) is 0.904. The van der Waals surface area contributed by atoms with Crippen molar-refractivity contribution in [2.45, 2.75) is 25.8 Å². The molecule has 4 nitrogen and oxygen atoms in total. The minimum absolute atomic E-state index is 0.0123. The Morgan fingerprint density at radius 2 is 1.95 bits per heavy atom. The SMILES string of the molecule is C/C=C/C=C/C(=O)NC(CCC(=O)O)c1ccccc1. The number of rotatable bonds is 7. The smallest absolute Gasteiger partial charge is 0.303 e. The largest absolute Gasteiger partial charge is 0.481 e. The van der Waals surface area contributed by atoms with Gasteiger partial charge in [-0.25, -0.2) is 0 Å². The van der Waals surface area contributed by atoms with Crippen molar-refractivity contribution in [2.75, 3.05) is 0 Å². The Labute approximate surface area is 118 Å². The van der Waals surface area contributed by atoms with Gasteiger partial charge >= 0.3 is 5.97 Å². The predicted octanol–water partition coefficient (Wildman–Crippen LogP) is 2.84. The van der Waals surface area contributed by atoms with E-state index in [1.807, 2.05) is 43.3 Å². The number of carboxylic acid groups (broad SMARTS) is 1. The number of allylic oxidation sites excluding steroid dienone is 3.